The van der Waals surface area contributed by atoms with Gasteiger partial charge in [0.15, 0.2) is 0 Å². The molecule has 0 radical (unpaired) electrons. The molecule has 0 spiro atoms. The van der Waals surface area contributed by atoms with Crippen molar-refractivity contribution >= 4 is 5.91 Å². The molecule has 0 saturated carbocycles. The van der Waals surface area contributed by atoms with Gasteiger partial charge >= 0.3 is 0 Å². The minimum Gasteiger partial charge on any atom is -0.394 e. The zero-order valence-corrected chi connectivity index (χ0v) is 10.2. The molecule has 2 N–H and O–H groups in total. The maximum atomic E-state index is 11.5. The molecule has 0 aromatic carbocycles. The van der Waals surface area contributed by atoms with E-state index < -0.39 is 0 Å². The number of aliphatic hydroxyl groups excluding tert-OH is 1. The van der Waals surface area contributed by atoms with Crippen LogP contribution in [0.4, 0.5) is 0 Å². The maximum Gasteiger partial charge on any atom is 0.234 e. The van der Waals surface area contributed by atoms with Gasteiger partial charge in [0.05, 0.1) is 25.9 Å². The molecule has 1 aliphatic heterocycles. The van der Waals surface area contributed by atoms with E-state index >= 15 is 0 Å². The van der Waals surface area contributed by atoms with Crippen molar-refractivity contribution in [3.8, 4) is 0 Å². The predicted octanol–water partition coefficient (Wildman–Crippen LogP) is -0.238. The molecule has 1 rings (SSSR count). The molecule has 1 aliphatic rings. The summed E-state index contributed by atoms with van der Waals surface area (Å²) >= 11 is 0. The van der Waals surface area contributed by atoms with Crippen LogP contribution in [-0.4, -0.2) is 61.4 Å². The SMILES string of the molecule is C=CCNC(=O)CN1CCCC(OCCO)C1. The molecular formula is C12H22N2O3. The largest absolute Gasteiger partial charge is 0.394 e. The van der Waals surface area contributed by atoms with Gasteiger partial charge in [0.2, 0.25) is 5.91 Å². The average Bonchev–Trinajstić information content (AvgIpc) is 2.34. The van der Waals surface area contributed by atoms with Gasteiger partial charge in [0.25, 0.3) is 0 Å². The highest BCUT2D eigenvalue weighted by Gasteiger charge is 2.21. The van der Waals surface area contributed by atoms with Crippen molar-refractivity contribution in [1.82, 2.24) is 10.2 Å². The van der Waals surface area contributed by atoms with Gasteiger partial charge in [0.1, 0.15) is 0 Å². The van der Waals surface area contributed by atoms with Crippen LogP contribution in [0.5, 0.6) is 0 Å². The van der Waals surface area contributed by atoms with Crippen molar-refractivity contribution in [2.45, 2.75) is 18.9 Å². The van der Waals surface area contributed by atoms with Crippen LogP contribution in [0.1, 0.15) is 12.8 Å². The molecule has 0 bridgehead atoms. The molecule has 5 heteroatoms. The van der Waals surface area contributed by atoms with E-state index in [-0.39, 0.29) is 18.6 Å². The van der Waals surface area contributed by atoms with Gasteiger partial charge in [-0.05, 0) is 19.4 Å². The number of nitrogens with one attached hydrogen (secondary N) is 1. The molecule has 1 atom stereocenters. The van der Waals surface area contributed by atoms with Crippen molar-refractivity contribution in [1.29, 1.82) is 0 Å². The number of likely N-dealkylation sites (tertiary alicyclic amines) is 1. The molecule has 0 aromatic heterocycles. The highest BCUT2D eigenvalue weighted by Crippen LogP contribution is 2.12. The van der Waals surface area contributed by atoms with Crippen LogP contribution in [0, 0.1) is 0 Å². The first-order valence-electron chi connectivity index (χ1n) is 6.08. The highest BCUT2D eigenvalue weighted by atomic mass is 16.5. The number of rotatable bonds is 7. The Labute approximate surface area is 102 Å². The smallest absolute Gasteiger partial charge is 0.234 e. The molecule has 5 nitrogen and oxygen atoms in total. The maximum absolute atomic E-state index is 11.5. The minimum atomic E-state index is 0.0210. The summed E-state index contributed by atoms with van der Waals surface area (Å²) in [6.45, 7) is 6.60. The number of hydrogen-bond donors (Lipinski definition) is 2. The number of piperidine rings is 1. The summed E-state index contributed by atoms with van der Waals surface area (Å²) in [6, 6.07) is 0. The van der Waals surface area contributed by atoms with E-state index in [9.17, 15) is 4.79 Å². The van der Waals surface area contributed by atoms with Crippen LogP contribution >= 0.6 is 0 Å². The number of nitrogens with zero attached hydrogens (tertiary/aromatic N) is 1. The second kappa shape index (κ2) is 8.22. The van der Waals surface area contributed by atoms with Gasteiger partial charge in [-0.15, -0.1) is 6.58 Å². The van der Waals surface area contributed by atoms with Crippen molar-refractivity contribution in [2.75, 3.05) is 39.4 Å². The van der Waals surface area contributed by atoms with E-state index in [1.54, 1.807) is 6.08 Å². The van der Waals surface area contributed by atoms with Crippen LogP contribution in [0.3, 0.4) is 0 Å². The molecular weight excluding hydrogens is 220 g/mol. The fourth-order valence-electron chi connectivity index (χ4n) is 1.96. The van der Waals surface area contributed by atoms with Gasteiger partial charge in [-0.3, -0.25) is 9.69 Å². The van der Waals surface area contributed by atoms with Crippen LogP contribution < -0.4 is 5.32 Å². The van der Waals surface area contributed by atoms with Gasteiger partial charge in [-0.1, -0.05) is 6.08 Å². The van der Waals surface area contributed by atoms with Crippen LogP contribution in [0.2, 0.25) is 0 Å². The molecule has 1 saturated heterocycles. The summed E-state index contributed by atoms with van der Waals surface area (Å²) in [5.41, 5.74) is 0. The summed E-state index contributed by atoms with van der Waals surface area (Å²) in [5, 5.41) is 11.5. The Balaban J connectivity index is 2.23. The second-order valence-electron chi connectivity index (χ2n) is 4.19. The molecule has 17 heavy (non-hydrogen) atoms. The molecule has 0 aliphatic carbocycles. The lowest BCUT2D eigenvalue weighted by atomic mass is 10.1. The van der Waals surface area contributed by atoms with Gasteiger partial charge in [-0.2, -0.15) is 0 Å². The number of hydrogen-bond acceptors (Lipinski definition) is 4. The van der Waals surface area contributed by atoms with Crippen molar-refractivity contribution in [2.24, 2.45) is 0 Å². The molecule has 1 fully saturated rings. The number of aliphatic hydroxyl groups is 1. The van der Waals surface area contributed by atoms with E-state index in [0.717, 1.165) is 25.9 Å². The Morgan fingerprint density at radius 3 is 3.18 bits per heavy atom. The minimum absolute atomic E-state index is 0.0210. The summed E-state index contributed by atoms with van der Waals surface area (Å²) in [6.07, 6.45) is 3.85. The highest BCUT2D eigenvalue weighted by molar-refractivity contribution is 5.78. The number of carbonyl (C=O) groups is 1. The Morgan fingerprint density at radius 2 is 2.47 bits per heavy atom. The fraction of sp³-hybridized carbons (Fsp3) is 0.750. The second-order valence-corrected chi connectivity index (χ2v) is 4.19. The Hall–Kier alpha value is -0.910. The van der Waals surface area contributed by atoms with E-state index in [1.165, 1.54) is 0 Å². The molecule has 1 heterocycles. The van der Waals surface area contributed by atoms with Gasteiger partial charge in [-0.25, -0.2) is 0 Å². The van der Waals surface area contributed by atoms with Gasteiger partial charge < -0.3 is 15.2 Å². The van der Waals surface area contributed by atoms with Crippen LogP contribution in [0.25, 0.3) is 0 Å². The summed E-state index contributed by atoms with van der Waals surface area (Å²) < 4.78 is 5.49. The number of ether oxygens (including phenoxy) is 1. The lowest BCUT2D eigenvalue weighted by Crippen LogP contribution is -2.45. The zero-order valence-electron chi connectivity index (χ0n) is 10.2. The first-order chi connectivity index (χ1) is 8.26. The standard InChI is InChI=1S/C12H22N2O3/c1-2-5-13-12(16)10-14-6-3-4-11(9-14)17-8-7-15/h2,11,15H,1,3-10H2,(H,13,16). The predicted molar refractivity (Wildman–Crippen MR) is 65.7 cm³/mol. The third-order valence-electron chi connectivity index (χ3n) is 2.72. The molecule has 1 amide bonds. The zero-order chi connectivity index (χ0) is 12.5. The van der Waals surface area contributed by atoms with Crippen molar-refractivity contribution < 1.29 is 14.6 Å². The monoisotopic (exact) mass is 242 g/mol. The van der Waals surface area contributed by atoms with E-state index in [1.807, 2.05) is 0 Å². The number of carbonyl (C=O) groups excluding carboxylic acids is 1. The third-order valence-corrected chi connectivity index (χ3v) is 2.72. The molecule has 0 aromatic rings. The van der Waals surface area contributed by atoms with E-state index in [0.29, 0.717) is 19.7 Å². The van der Waals surface area contributed by atoms with E-state index in [4.69, 9.17) is 9.84 Å². The summed E-state index contributed by atoms with van der Waals surface area (Å²) in [4.78, 5) is 13.6. The molecule has 98 valence electrons. The first-order valence-corrected chi connectivity index (χ1v) is 6.08. The van der Waals surface area contributed by atoms with Crippen LogP contribution in [0.15, 0.2) is 12.7 Å². The van der Waals surface area contributed by atoms with Crippen LogP contribution in [-0.2, 0) is 9.53 Å². The fourth-order valence-corrected chi connectivity index (χ4v) is 1.96. The third kappa shape index (κ3) is 5.81. The number of amides is 1. The Morgan fingerprint density at radius 1 is 1.65 bits per heavy atom. The summed E-state index contributed by atoms with van der Waals surface area (Å²) in [5.74, 6) is 0.0210. The van der Waals surface area contributed by atoms with Crippen molar-refractivity contribution in [3.63, 3.8) is 0 Å². The lowest BCUT2D eigenvalue weighted by Gasteiger charge is -2.31. The Kier molecular flexibility index (Phi) is 6.84. The quantitative estimate of drug-likeness (QED) is 0.605. The van der Waals surface area contributed by atoms with E-state index in [2.05, 4.69) is 16.8 Å². The van der Waals surface area contributed by atoms with Crippen molar-refractivity contribution in [3.05, 3.63) is 12.7 Å². The van der Waals surface area contributed by atoms with Gasteiger partial charge in [0, 0.05) is 13.1 Å². The molecule has 1 unspecified atom stereocenters. The Bertz CT molecular complexity index is 246. The lowest BCUT2D eigenvalue weighted by molar-refractivity contribution is -0.123. The topological polar surface area (TPSA) is 61.8 Å². The first kappa shape index (κ1) is 14.2. The summed E-state index contributed by atoms with van der Waals surface area (Å²) in [7, 11) is 0. The average molecular weight is 242 g/mol. The normalized spacial score (nSPS) is 21.1.